The van der Waals surface area contributed by atoms with Crippen molar-refractivity contribution in [2.45, 2.75) is 110 Å². The van der Waals surface area contributed by atoms with Gasteiger partial charge in [-0.1, -0.05) is 0 Å². The molecule has 0 amide bonds. The average molecular weight is 773 g/mol. The Morgan fingerprint density at radius 2 is 0.840 bits per heavy atom. The summed E-state index contributed by atoms with van der Waals surface area (Å²) in [6.45, 7) is -3.58. The van der Waals surface area contributed by atoms with Crippen LogP contribution in [0.4, 0.5) is 0 Å². The number of rotatable bonds is 16. The molecule has 2 fully saturated rings. The molecule has 2 aliphatic rings. The molecule has 0 aliphatic carbocycles. The van der Waals surface area contributed by atoms with Crippen LogP contribution in [-0.2, 0) is 28.5 Å². The molecule has 2 aliphatic heterocycles. The number of ether oxygens (including phenoxy) is 4. The Balaban J connectivity index is 0. The number of hydrogen-bond acceptors (Lipinski definition) is 24. The molecule has 0 aromatic heterocycles. The first kappa shape index (κ1) is 51.5. The molecule has 0 aromatic carbocycles. The van der Waals surface area contributed by atoms with Gasteiger partial charge < -0.3 is 126 Å². The first-order valence-corrected chi connectivity index (χ1v) is 13.9. The van der Waals surface area contributed by atoms with Gasteiger partial charge >= 0.3 is 37.7 Å². The maximum absolute atomic E-state index is 10.6. The number of carboxylic acid groups (broad SMARTS) is 2. The van der Waals surface area contributed by atoms with Crippen LogP contribution in [0.15, 0.2) is 0 Å². The fourth-order valence-corrected chi connectivity index (χ4v) is 4.31. The quantitative estimate of drug-likeness (QED) is 0.0647. The van der Waals surface area contributed by atoms with Crippen LogP contribution in [0.2, 0.25) is 0 Å². The molecule has 0 aromatic rings. The number of hydrogen-bond donors (Lipinski definition) is 16. The largest absolute Gasteiger partial charge is 2.00 e. The number of carbonyl (C=O) groups is 2. The number of carboxylic acids is 2. The van der Waals surface area contributed by atoms with Gasteiger partial charge in [-0.15, -0.1) is 0 Å². The Labute approximate surface area is 311 Å². The first-order chi connectivity index (χ1) is 22.3. The summed E-state index contributed by atoms with van der Waals surface area (Å²) in [7, 11) is 0. The summed E-state index contributed by atoms with van der Waals surface area (Å²) >= 11 is 0. The number of aliphatic carboxylic acids is 2. The van der Waals surface area contributed by atoms with E-state index in [4.69, 9.17) is 39.4 Å². The van der Waals surface area contributed by atoms with Crippen molar-refractivity contribution in [2.24, 2.45) is 0 Å². The van der Waals surface area contributed by atoms with Crippen LogP contribution in [0.25, 0.3) is 0 Å². The molecule has 2 saturated heterocycles. The smallest absolute Gasteiger partial charge is 0.547 e. The molecule has 2 rings (SSSR count). The average Bonchev–Trinajstić information content (AvgIpc) is 3.07. The SMILES string of the molecule is O.O=C([O-])[C@H](O)[C@@H](O)[C@H](O[C@@H]1O[C@H](CO)[C@H](O)[C@@H](O)[C@H]1O)[C@H](O)CO.O=C([O-])[C@H](O)[C@@H](O)[C@H](O[C@@H]1O[C@H](CO)[C@H](O)[C@@H](O)[C@H]1O)[C@H](O)CO.[Ca+2]. The second-order valence-electron chi connectivity index (χ2n) is 10.6. The Morgan fingerprint density at radius 3 is 1.06 bits per heavy atom. The number of aliphatic hydroxyl groups is 16. The third kappa shape index (κ3) is 13.3. The molecule has 0 unspecified atom stereocenters. The Morgan fingerprint density at radius 1 is 0.560 bits per heavy atom. The van der Waals surface area contributed by atoms with Gasteiger partial charge in [-0.05, 0) is 0 Å². The minimum absolute atomic E-state index is 0. The van der Waals surface area contributed by atoms with Crippen LogP contribution in [0.3, 0.4) is 0 Å². The van der Waals surface area contributed by atoms with E-state index in [-0.39, 0.29) is 43.2 Å². The van der Waals surface area contributed by atoms with E-state index in [2.05, 4.69) is 0 Å². The zero-order valence-corrected chi connectivity index (χ0v) is 28.1. The third-order valence-electron chi connectivity index (χ3n) is 7.22. The van der Waals surface area contributed by atoms with E-state index < -0.39 is 149 Å². The van der Waals surface area contributed by atoms with E-state index in [9.17, 15) is 81.1 Å². The Bertz CT molecular complexity index is 889. The van der Waals surface area contributed by atoms with Crippen LogP contribution in [-0.4, -0.2) is 274 Å². The van der Waals surface area contributed by atoms with Crippen molar-refractivity contribution in [3.05, 3.63) is 0 Å². The number of carbonyl (C=O) groups excluding carboxylic acids is 2. The molecular weight excluding hydrogens is 728 g/mol. The zero-order valence-electron chi connectivity index (χ0n) is 25.8. The van der Waals surface area contributed by atoms with E-state index in [1.807, 2.05) is 0 Å². The summed E-state index contributed by atoms with van der Waals surface area (Å²) in [4.78, 5) is 21.2. The van der Waals surface area contributed by atoms with Crippen LogP contribution >= 0.6 is 0 Å². The van der Waals surface area contributed by atoms with Crippen LogP contribution < -0.4 is 10.2 Å². The molecule has 50 heavy (non-hydrogen) atoms. The monoisotopic (exact) mass is 772 g/mol. The summed E-state index contributed by atoms with van der Waals surface area (Å²) < 4.78 is 19.9. The van der Waals surface area contributed by atoms with E-state index >= 15 is 0 Å². The molecule has 18 atom stereocenters. The van der Waals surface area contributed by atoms with Crippen molar-refractivity contribution in [3.8, 4) is 0 Å². The van der Waals surface area contributed by atoms with Gasteiger partial charge in [-0.2, -0.15) is 0 Å². The molecule has 2 heterocycles. The summed E-state index contributed by atoms with van der Waals surface area (Å²) in [6.07, 6.45) is -34.5. The fourth-order valence-electron chi connectivity index (χ4n) is 4.31. The topological polar surface area (TPSA) is 472 Å². The van der Waals surface area contributed by atoms with Gasteiger partial charge in [0.05, 0.1) is 38.4 Å². The molecule has 26 heteroatoms. The minimum Gasteiger partial charge on any atom is -0.547 e. The molecule has 0 saturated carbocycles. The molecule has 25 nitrogen and oxygen atoms in total. The van der Waals surface area contributed by atoms with Crippen molar-refractivity contribution in [1.82, 2.24) is 0 Å². The van der Waals surface area contributed by atoms with Crippen molar-refractivity contribution < 1.29 is 126 Å². The predicted octanol–water partition coefficient (Wildman–Crippen LogP) is -15.2. The fraction of sp³-hybridized carbons (Fsp3) is 0.917. The van der Waals surface area contributed by atoms with Gasteiger partial charge in [0, 0.05) is 0 Å². The van der Waals surface area contributed by atoms with E-state index in [1.165, 1.54) is 0 Å². The van der Waals surface area contributed by atoms with Gasteiger partial charge in [0.25, 0.3) is 0 Å². The first-order valence-electron chi connectivity index (χ1n) is 13.9. The summed E-state index contributed by atoms with van der Waals surface area (Å²) in [5.74, 6) is -4.18. The van der Waals surface area contributed by atoms with E-state index in [0.29, 0.717) is 0 Å². The molecule has 0 radical (unpaired) electrons. The van der Waals surface area contributed by atoms with Gasteiger partial charge in [-0.3, -0.25) is 0 Å². The van der Waals surface area contributed by atoms with Gasteiger partial charge in [-0.25, -0.2) is 0 Å². The molecular formula is C24H44CaO25. The third-order valence-corrected chi connectivity index (χ3v) is 7.22. The Hall–Kier alpha value is -0.640. The minimum atomic E-state index is -2.50. The van der Waals surface area contributed by atoms with Gasteiger partial charge in [0.2, 0.25) is 0 Å². The molecule has 0 bridgehead atoms. The standard InChI is InChI=1S/2C12H22O12.Ca.H2O/c2*13-1-3(15)10(7(18)8(19)11(21)22)24-12-9(20)6(17)5(16)4(2-14)23-12;;/h2*3-10,12-20H,1-2H2,(H,21,22);;1H2/q;;+2;/p-2/t2*3-,4-,5+,6-,7-,8-,9-,10-,12+;;/m11../s1. The van der Waals surface area contributed by atoms with Crippen LogP contribution in [0, 0.1) is 0 Å². The summed E-state index contributed by atoms with van der Waals surface area (Å²) in [6, 6.07) is 0. The van der Waals surface area contributed by atoms with E-state index in [0.717, 1.165) is 0 Å². The maximum Gasteiger partial charge on any atom is 2.00 e. The van der Waals surface area contributed by atoms with Crippen molar-refractivity contribution in [2.75, 3.05) is 26.4 Å². The zero-order chi connectivity index (χ0) is 37.2. The van der Waals surface area contributed by atoms with Gasteiger partial charge in [0.1, 0.15) is 97.7 Å². The number of aliphatic hydroxyl groups excluding tert-OH is 16. The van der Waals surface area contributed by atoms with Crippen molar-refractivity contribution in [1.29, 1.82) is 0 Å². The van der Waals surface area contributed by atoms with Gasteiger partial charge in [0.15, 0.2) is 12.6 Å². The molecule has 292 valence electrons. The second-order valence-corrected chi connectivity index (χ2v) is 10.6. The molecule has 0 spiro atoms. The normalized spacial score (nSPS) is 34.5. The summed E-state index contributed by atoms with van der Waals surface area (Å²) in [5, 5.41) is 173. The second kappa shape index (κ2) is 23.9. The van der Waals surface area contributed by atoms with Crippen molar-refractivity contribution in [3.63, 3.8) is 0 Å². The predicted molar refractivity (Wildman–Crippen MR) is 147 cm³/mol. The maximum atomic E-state index is 10.6. The van der Waals surface area contributed by atoms with Crippen LogP contribution in [0.1, 0.15) is 0 Å². The molecule has 18 N–H and O–H groups in total. The van der Waals surface area contributed by atoms with Crippen molar-refractivity contribution >= 4 is 49.7 Å². The van der Waals surface area contributed by atoms with Crippen LogP contribution in [0.5, 0.6) is 0 Å². The van der Waals surface area contributed by atoms with E-state index in [1.54, 1.807) is 0 Å². The summed E-state index contributed by atoms with van der Waals surface area (Å²) in [5.41, 5.74) is 0. The Kier molecular flexibility index (Phi) is 24.6.